The molecule has 2 aromatic heterocycles. The Morgan fingerprint density at radius 3 is 2.61 bits per heavy atom. The highest BCUT2D eigenvalue weighted by Gasteiger charge is 2.38. The van der Waals surface area contributed by atoms with E-state index in [1.54, 1.807) is 23.2 Å². The number of furan rings is 1. The first-order chi connectivity index (χ1) is 16.2. The van der Waals surface area contributed by atoms with Crippen LogP contribution in [-0.4, -0.2) is 34.8 Å². The van der Waals surface area contributed by atoms with E-state index in [-0.39, 0.29) is 29.5 Å². The van der Waals surface area contributed by atoms with Crippen LogP contribution in [0.15, 0.2) is 71.5 Å². The Balaban J connectivity index is 1.37. The normalized spacial score (nSPS) is 19.5. The maximum atomic E-state index is 13.5. The number of nitrogens with one attached hydrogen (secondary N) is 1. The largest absolute Gasteiger partial charge is 0.459 e. The number of benzene rings is 1. The van der Waals surface area contributed by atoms with E-state index in [0.29, 0.717) is 13.1 Å². The number of aromatic nitrogens is 1. The molecule has 1 fully saturated rings. The van der Waals surface area contributed by atoms with Gasteiger partial charge in [-0.05, 0) is 42.2 Å². The van der Waals surface area contributed by atoms with Gasteiger partial charge in [0.05, 0.1) is 17.9 Å². The maximum Gasteiger partial charge on any atom is 0.289 e. The van der Waals surface area contributed by atoms with Gasteiger partial charge in [0.25, 0.3) is 5.91 Å². The average Bonchev–Trinajstić information content (AvgIpc) is 3.42. The molecular weight excluding hydrogens is 414 g/mol. The van der Waals surface area contributed by atoms with Crippen molar-refractivity contribution in [3.8, 4) is 0 Å². The average molecular weight is 444 g/mol. The molecule has 1 atom stereocenters. The van der Waals surface area contributed by atoms with Crippen LogP contribution in [0.25, 0.3) is 0 Å². The van der Waals surface area contributed by atoms with Crippen LogP contribution >= 0.6 is 0 Å². The van der Waals surface area contributed by atoms with Crippen LogP contribution in [0.5, 0.6) is 0 Å². The van der Waals surface area contributed by atoms with Crippen LogP contribution in [0, 0.1) is 0 Å². The van der Waals surface area contributed by atoms with Crippen LogP contribution < -0.4 is 5.32 Å². The van der Waals surface area contributed by atoms with Crippen molar-refractivity contribution in [2.45, 2.75) is 50.0 Å². The van der Waals surface area contributed by atoms with E-state index in [0.717, 1.165) is 24.1 Å². The minimum absolute atomic E-state index is 0.0412. The monoisotopic (exact) mass is 443 g/mol. The second-order valence-corrected chi connectivity index (χ2v) is 9.19. The van der Waals surface area contributed by atoms with Gasteiger partial charge in [-0.3, -0.25) is 14.6 Å². The van der Waals surface area contributed by atoms with E-state index in [9.17, 15) is 9.59 Å². The van der Waals surface area contributed by atoms with Gasteiger partial charge in [-0.1, -0.05) is 55.7 Å². The van der Waals surface area contributed by atoms with Crippen LogP contribution in [0.1, 0.15) is 65.4 Å². The minimum atomic E-state index is -0.509. The number of nitrogens with zero attached hydrogens (tertiary/aromatic N) is 2. The summed E-state index contributed by atoms with van der Waals surface area (Å²) >= 11 is 0. The van der Waals surface area contributed by atoms with Crippen molar-refractivity contribution in [2.75, 3.05) is 13.1 Å². The van der Waals surface area contributed by atoms with Crippen LogP contribution in [0.2, 0.25) is 0 Å². The highest BCUT2D eigenvalue weighted by atomic mass is 16.3. The summed E-state index contributed by atoms with van der Waals surface area (Å²) in [5.74, 6) is -0.509. The van der Waals surface area contributed by atoms with E-state index in [4.69, 9.17) is 4.42 Å². The molecule has 5 rings (SSSR count). The smallest absolute Gasteiger partial charge is 0.289 e. The van der Waals surface area contributed by atoms with Crippen molar-refractivity contribution in [3.63, 3.8) is 0 Å². The fourth-order valence-electron chi connectivity index (χ4n) is 5.36. The molecule has 0 radical (unpaired) electrons. The molecule has 2 amide bonds. The summed E-state index contributed by atoms with van der Waals surface area (Å²) in [6.07, 6.45) is 8.93. The molecule has 0 saturated heterocycles. The van der Waals surface area contributed by atoms with E-state index >= 15 is 0 Å². The first-order valence-corrected chi connectivity index (χ1v) is 11.8. The van der Waals surface area contributed by atoms with Gasteiger partial charge in [-0.2, -0.15) is 0 Å². The summed E-state index contributed by atoms with van der Waals surface area (Å²) in [7, 11) is 0. The number of hydrogen-bond donors (Lipinski definition) is 1. The first kappa shape index (κ1) is 21.4. The standard InChI is InChI=1S/C27H29N3O3/c31-25(29-19-27(13-5-2-6-14-27)21-10-3-1-4-11-21)22-18-30(26(32)23-12-8-16-33-23)17-20-9-7-15-28-24(20)22/h1,3-4,7-12,15-16,22H,2,5-6,13-14,17-19H2,(H,29,31). The molecule has 6 heteroatoms. The zero-order valence-electron chi connectivity index (χ0n) is 18.7. The van der Waals surface area contributed by atoms with Crippen molar-refractivity contribution in [1.82, 2.24) is 15.2 Å². The molecule has 0 bridgehead atoms. The second kappa shape index (κ2) is 9.22. The summed E-state index contributed by atoms with van der Waals surface area (Å²) in [5, 5.41) is 3.26. The Labute approximate surface area is 194 Å². The van der Waals surface area contributed by atoms with Crippen molar-refractivity contribution >= 4 is 11.8 Å². The molecule has 3 heterocycles. The Morgan fingerprint density at radius 1 is 1.03 bits per heavy atom. The van der Waals surface area contributed by atoms with Gasteiger partial charge >= 0.3 is 0 Å². The summed E-state index contributed by atoms with van der Waals surface area (Å²) < 4.78 is 5.31. The molecule has 1 unspecified atom stereocenters. The van der Waals surface area contributed by atoms with E-state index < -0.39 is 5.92 Å². The van der Waals surface area contributed by atoms with E-state index in [1.807, 2.05) is 18.2 Å². The van der Waals surface area contributed by atoms with Gasteiger partial charge < -0.3 is 14.6 Å². The highest BCUT2D eigenvalue weighted by molar-refractivity contribution is 5.93. The number of carbonyl (C=O) groups excluding carboxylic acids is 2. The van der Waals surface area contributed by atoms with Crippen molar-refractivity contribution < 1.29 is 14.0 Å². The molecule has 6 nitrogen and oxygen atoms in total. The van der Waals surface area contributed by atoms with Gasteiger partial charge in [-0.25, -0.2) is 0 Å². The Morgan fingerprint density at radius 2 is 1.85 bits per heavy atom. The third-order valence-electron chi connectivity index (χ3n) is 7.15. The molecule has 0 spiro atoms. The Hall–Kier alpha value is -3.41. The van der Waals surface area contributed by atoms with Gasteiger partial charge in [0.15, 0.2) is 5.76 Å². The Bertz CT molecular complexity index is 1100. The summed E-state index contributed by atoms with van der Waals surface area (Å²) in [5.41, 5.74) is 2.91. The van der Waals surface area contributed by atoms with Crippen molar-refractivity contribution in [3.05, 3.63) is 89.6 Å². The molecule has 3 aromatic rings. The number of amides is 2. The zero-order chi connectivity index (χ0) is 22.7. The lowest BCUT2D eigenvalue weighted by atomic mass is 9.69. The zero-order valence-corrected chi connectivity index (χ0v) is 18.7. The minimum Gasteiger partial charge on any atom is -0.459 e. The predicted octanol–water partition coefficient (Wildman–Crippen LogP) is 4.43. The maximum absolute atomic E-state index is 13.5. The molecule has 1 N–H and O–H groups in total. The number of fused-ring (bicyclic) bond motifs is 1. The molecule has 1 aliphatic heterocycles. The number of carbonyl (C=O) groups is 2. The van der Waals surface area contributed by atoms with Crippen LogP contribution in [0.4, 0.5) is 0 Å². The summed E-state index contributed by atoms with van der Waals surface area (Å²) in [6, 6.07) is 17.7. The second-order valence-electron chi connectivity index (χ2n) is 9.19. The Kier molecular flexibility index (Phi) is 5.99. The molecule has 1 aromatic carbocycles. The quantitative estimate of drug-likeness (QED) is 0.633. The van der Waals surface area contributed by atoms with Gasteiger partial charge in [0, 0.05) is 31.2 Å². The molecule has 33 heavy (non-hydrogen) atoms. The first-order valence-electron chi connectivity index (χ1n) is 11.8. The van der Waals surface area contributed by atoms with Crippen molar-refractivity contribution in [2.24, 2.45) is 0 Å². The lowest BCUT2D eigenvalue weighted by molar-refractivity contribution is -0.123. The molecule has 1 aliphatic carbocycles. The van der Waals surface area contributed by atoms with Gasteiger partial charge in [0.1, 0.15) is 0 Å². The lowest BCUT2D eigenvalue weighted by Crippen LogP contribution is -2.47. The number of pyridine rings is 1. The molecule has 1 saturated carbocycles. The van der Waals surface area contributed by atoms with E-state index in [1.165, 1.54) is 31.1 Å². The fraction of sp³-hybridized carbons (Fsp3) is 0.370. The van der Waals surface area contributed by atoms with Crippen LogP contribution in [0.3, 0.4) is 0 Å². The predicted molar refractivity (Wildman–Crippen MR) is 125 cm³/mol. The number of rotatable bonds is 5. The molecule has 2 aliphatic rings. The number of hydrogen-bond acceptors (Lipinski definition) is 4. The molecular formula is C27H29N3O3. The third kappa shape index (κ3) is 4.30. The third-order valence-corrected chi connectivity index (χ3v) is 7.15. The van der Waals surface area contributed by atoms with Crippen LogP contribution in [-0.2, 0) is 16.8 Å². The fourth-order valence-corrected chi connectivity index (χ4v) is 5.36. The summed E-state index contributed by atoms with van der Waals surface area (Å²) in [4.78, 5) is 32.7. The van der Waals surface area contributed by atoms with Gasteiger partial charge in [0.2, 0.25) is 5.91 Å². The van der Waals surface area contributed by atoms with Gasteiger partial charge in [-0.15, -0.1) is 0 Å². The summed E-state index contributed by atoms with van der Waals surface area (Å²) in [6.45, 7) is 1.30. The topological polar surface area (TPSA) is 75.4 Å². The SMILES string of the molecule is O=C(NCC1(c2ccccc2)CCCCC1)C1CN(C(=O)c2ccco2)Cc2cccnc21. The molecule has 170 valence electrons. The lowest BCUT2D eigenvalue weighted by Gasteiger charge is -2.39. The van der Waals surface area contributed by atoms with E-state index in [2.05, 4.69) is 34.6 Å². The van der Waals surface area contributed by atoms with Crippen molar-refractivity contribution in [1.29, 1.82) is 0 Å². The highest BCUT2D eigenvalue weighted by Crippen LogP contribution is 2.39.